The number of hydrogen-bond donors (Lipinski definition) is 0. The van der Waals surface area contributed by atoms with Crippen molar-refractivity contribution in [3.8, 4) is 0 Å². The summed E-state index contributed by atoms with van der Waals surface area (Å²) in [7, 11) is 0. The Kier molecular flexibility index (Phi) is 4.42. The molecule has 0 saturated carbocycles. The summed E-state index contributed by atoms with van der Waals surface area (Å²) in [5.74, 6) is 0.885. The molecule has 0 aromatic rings. The van der Waals surface area contributed by atoms with Gasteiger partial charge in [0.1, 0.15) is 0 Å². The predicted octanol–water partition coefficient (Wildman–Crippen LogP) is 4.31. The molecule has 0 bridgehead atoms. The van der Waals surface area contributed by atoms with Gasteiger partial charge in [0.15, 0.2) is 0 Å². The Bertz CT molecular complexity index is 144. The summed E-state index contributed by atoms with van der Waals surface area (Å²) in [5.41, 5.74) is 1.75. The zero-order valence-electron chi connectivity index (χ0n) is 8.60. The van der Waals surface area contributed by atoms with Gasteiger partial charge in [0.05, 0.1) is 0 Å². The van der Waals surface area contributed by atoms with E-state index in [1.54, 1.807) is 5.57 Å². The molecule has 1 aliphatic carbocycles. The maximum Gasteiger partial charge on any atom is -0.0232 e. The van der Waals surface area contributed by atoms with Crippen LogP contribution in [0.3, 0.4) is 0 Å². The van der Waals surface area contributed by atoms with E-state index in [-0.39, 0.29) is 0 Å². The van der Waals surface area contributed by atoms with Gasteiger partial charge in [-0.05, 0) is 38.0 Å². The molecular weight excluding hydrogens is 144 g/mol. The van der Waals surface area contributed by atoms with E-state index >= 15 is 0 Å². The molecule has 0 heterocycles. The highest BCUT2D eigenvalue weighted by Crippen LogP contribution is 2.27. The molecule has 70 valence electrons. The summed E-state index contributed by atoms with van der Waals surface area (Å²) in [6.45, 7) is 4.66. The van der Waals surface area contributed by atoms with E-state index in [1.165, 1.54) is 44.9 Å². The molecule has 0 N–H and O–H groups in total. The Hall–Kier alpha value is -0.260. The Morgan fingerprint density at radius 1 is 1.42 bits per heavy atom. The van der Waals surface area contributed by atoms with Gasteiger partial charge < -0.3 is 0 Å². The SMILES string of the molecule is CCCCCC1=CCCCC1C. The first-order valence-electron chi connectivity index (χ1n) is 5.53. The second-order valence-electron chi connectivity index (χ2n) is 4.07. The highest BCUT2D eigenvalue weighted by Gasteiger charge is 2.11. The second kappa shape index (κ2) is 5.40. The van der Waals surface area contributed by atoms with Crippen LogP contribution in [-0.2, 0) is 0 Å². The predicted molar refractivity (Wildman–Crippen MR) is 55.2 cm³/mol. The third-order valence-electron chi connectivity index (χ3n) is 2.95. The number of allylic oxidation sites excluding steroid dienone is 2. The Balaban J connectivity index is 2.24. The van der Waals surface area contributed by atoms with E-state index in [9.17, 15) is 0 Å². The summed E-state index contributed by atoms with van der Waals surface area (Å²) in [6.07, 6.45) is 12.2. The van der Waals surface area contributed by atoms with Gasteiger partial charge in [0.2, 0.25) is 0 Å². The summed E-state index contributed by atoms with van der Waals surface area (Å²) in [5, 5.41) is 0. The van der Waals surface area contributed by atoms with Crippen molar-refractivity contribution in [2.24, 2.45) is 5.92 Å². The van der Waals surface area contributed by atoms with Crippen LogP contribution >= 0.6 is 0 Å². The quantitative estimate of drug-likeness (QED) is 0.431. The van der Waals surface area contributed by atoms with Crippen LogP contribution in [0.15, 0.2) is 11.6 Å². The molecule has 0 amide bonds. The van der Waals surface area contributed by atoms with Crippen LogP contribution in [0.2, 0.25) is 0 Å². The number of rotatable bonds is 4. The molecule has 0 saturated heterocycles. The van der Waals surface area contributed by atoms with Crippen molar-refractivity contribution in [3.05, 3.63) is 11.6 Å². The van der Waals surface area contributed by atoms with Crippen LogP contribution in [0, 0.1) is 5.92 Å². The molecule has 0 aliphatic heterocycles. The van der Waals surface area contributed by atoms with Crippen LogP contribution in [-0.4, -0.2) is 0 Å². The normalized spacial score (nSPS) is 23.8. The van der Waals surface area contributed by atoms with Crippen molar-refractivity contribution >= 4 is 0 Å². The molecule has 0 radical (unpaired) electrons. The lowest BCUT2D eigenvalue weighted by atomic mass is 9.86. The topological polar surface area (TPSA) is 0 Å². The molecule has 0 spiro atoms. The van der Waals surface area contributed by atoms with Crippen molar-refractivity contribution < 1.29 is 0 Å². The van der Waals surface area contributed by atoms with Crippen LogP contribution in [0.4, 0.5) is 0 Å². The van der Waals surface area contributed by atoms with Gasteiger partial charge in [-0.25, -0.2) is 0 Å². The molecule has 1 unspecified atom stereocenters. The molecule has 1 rings (SSSR count). The van der Waals surface area contributed by atoms with Gasteiger partial charge in [0, 0.05) is 0 Å². The smallest absolute Gasteiger partial charge is 0.0232 e. The summed E-state index contributed by atoms with van der Waals surface area (Å²) >= 11 is 0. The van der Waals surface area contributed by atoms with Crippen molar-refractivity contribution in [2.45, 2.75) is 58.8 Å². The molecule has 1 aliphatic rings. The van der Waals surface area contributed by atoms with E-state index < -0.39 is 0 Å². The van der Waals surface area contributed by atoms with Crippen LogP contribution < -0.4 is 0 Å². The van der Waals surface area contributed by atoms with Crippen LogP contribution in [0.5, 0.6) is 0 Å². The molecule has 12 heavy (non-hydrogen) atoms. The third-order valence-corrected chi connectivity index (χ3v) is 2.95. The van der Waals surface area contributed by atoms with E-state index in [0.29, 0.717) is 0 Å². The second-order valence-corrected chi connectivity index (χ2v) is 4.07. The zero-order valence-corrected chi connectivity index (χ0v) is 8.60. The lowest BCUT2D eigenvalue weighted by molar-refractivity contribution is 0.521. The van der Waals surface area contributed by atoms with Crippen molar-refractivity contribution in [1.29, 1.82) is 0 Å². The van der Waals surface area contributed by atoms with Crippen molar-refractivity contribution in [2.75, 3.05) is 0 Å². The molecule has 0 fully saturated rings. The van der Waals surface area contributed by atoms with E-state index in [2.05, 4.69) is 19.9 Å². The summed E-state index contributed by atoms with van der Waals surface area (Å²) in [6, 6.07) is 0. The standard InChI is InChI=1S/C12H22/c1-3-4-5-9-12-10-7-6-8-11(12)2/h10-11H,3-9H2,1-2H3. The summed E-state index contributed by atoms with van der Waals surface area (Å²) in [4.78, 5) is 0. The highest BCUT2D eigenvalue weighted by atomic mass is 14.2. The lowest BCUT2D eigenvalue weighted by Gasteiger charge is -2.20. The van der Waals surface area contributed by atoms with Gasteiger partial charge in [-0.15, -0.1) is 0 Å². The maximum absolute atomic E-state index is 2.49. The van der Waals surface area contributed by atoms with E-state index in [4.69, 9.17) is 0 Å². The molecular formula is C12H22. The minimum atomic E-state index is 0.885. The first kappa shape index (κ1) is 9.83. The van der Waals surface area contributed by atoms with Gasteiger partial charge in [-0.1, -0.05) is 38.3 Å². The number of unbranched alkanes of at least 4 members (excludes halogenated alkanes) is 2. The van der Waals surface area contributed by atoms with Gasteiger partial charge in [0.25, 0.3) is 0 Å². The van der Waals surface area contributed by atoms with E-state index in [1.807, 2.05) is 0 Å². The Morgan fingerprint density at radius 3 is 2.92 bits per heavy atom. The lowest BCUT2D eigenvalue weighted by Crippen LogP contribution is -2.04. The fourth-order valence-corrected chi connectivity index (χ4v) is 2.03. The van der Waals surface area contributed by atoms with Crippen molar-refractivity contribution in [3.63, 3.8) is 0 Å². The monoisotopic (exact) mass is 166 g/mol. The number of hydrogen-bond acceptors (Lipinski definition) is 0. The molecule has 0 aromatic carbocycles. The first-order valence-corrected chi connectivity index (χ1v) is 5.53. The Labute approximate surface area is 77.1 Å². The maximum atomic E-state index is 2.49. The van der Waals surface area contributed by atoms with Gasteiger partial charge >= 0.3 is 0 Å². The summed E-state index contributed by atoms with van der Waals surface area (Å²) < 4.78 is 0. The third kappa shape index (κ3) is 3.00. The van der Waals surface area contributed by atoms with Crippen LogP contribution in [0.1, 0.15) is 58.8 Å². The van der Waals surface area contributed by atoms with Crippen molar-refractivity contribution in [1.82, 2.24) is 0 Å². The molecule has 0 nitrogen and oxygen atoms in total. The first-order chi connectivity index (χ1) is 5.84. The zero-order chi connectivity index (χ0) is 8.81. The highest BCUT2D eigenvalue weighted by molar-refractivity contribution is 5.08. The molecule has 0 aromatic heterocycles. The average Bonchev–Trinajstić information content (AvgIpc) is 2.09. The minimum Gasteiger partial charge on any atom is -0.0851 e. The minimum absolute atomic E-state index is 0.885. The largest absolute Gasteiger partial charge is 0.0851 e. The molecule has 0 heteroatoms. The average molecular weight is 166 g/mol. The van der Waals surface area contributed by atoms with E-state index in [0.717, 1.165) is 5.92 Å². The Morgan fingerprint density at radius 2 is 2.25 bits per heavy atom. The van der Waals surface area contributed by atoms with Crippen LogP contribution in [0.25, 0.3) is 0 Å². The molecule has 1 atom stereocenters. The van der Waals surface area contributed by atoms with Gasteiger partial charge in [-0.3, -0.25) is 0 Å². The van der Waals surface area contributed by atoms with Gasteiger partial charge in [-0.2, -0.15) is 0 Å². The fraction of sp³-hybridized carbons (Fsp3) is 0.833. The fourth-order valence-electron chi connectivity index (χ4n) is 2.03.